The van der Waals surface area contributed by atoms with E-state index in [1.807, 2.05) is 54.3 Å². The molecular weight excluding hydrogens is 422 g/mol. The number of carbonyl (C=O) groups excluding carboxylic acids is 1. The third-order valence-electron chi connectivity index (χ3n) is 6.05. The van der Waals surface area contributed by atoms with E-state index >= 15 is 0 Å². The van der Waals surface area contributed by atoms with Crippen LogP contribution in [0.5, 0.6) is 5.75 Å². The summed E-state index contributed by atoms with van der Waals surface area (Å²) in [6.45, 7) is 6.12. The molecule has 32 heavy (non-hydrogen) atoms. The fourth-order valence-electron chi connectivity index (χ4n) is 3.99. The molecule has 0 saturated carbocycles. The molecule has 0 radical (unpaired) electrons. The van der Waals surface area contributed by atoms with Gasteiger partial charge in [-0.15, -0.1) is 0 Å². The Balaban J connectivity index is 1.65. The van der Waals surface area contributed by atoms with Crippen molar-refractivity contribution in [2.24, 2.45) is 5.92 Å². The van der Waals surface area contributed by atoms with E-state index in [2.05, 4.69) is 6.92 Å². The van der Waals surface area contributed by atoms with Gasteiger partial charge >= 0.3 is 0 Å². The van der Waals surface area contributed by atoms with Gasteiger partial charge in [0.2, 0.25) is 5.91 Å². The van der Waals surface area contributed by atoms with Gasteiger partial charge in [-0.25, -0.2) is 4.98 Å². The number of para-hydroxylation sites is 1. The molecule has 3 aromatic rings. The first-order valence-corrected chi connectivity index (χ1v) is 11.9. The summed E-state index contributed by atoms with van der Waals surface area (Å²) in [5.41, 5.74) is 1.52. The minimum Gasteiger partial charge on any atom is -0.497 e. The molecule has 1 atom stereocenters. The average Bonchev–Trinajstić information content (AvgIpc) is 2.82. The third kappa shape index (κ3) is 4.83. The minimum atomic E-state index is -0.321. The van der Waals surface area contributed by atoms with Crippen LogP contribution in [0.4, 0.5) is 0 Å². The van der Waals surface area contributed by atoms with Crippen molar-refractivity contribution in [3.05, 3.63) is 64.4 Å². The summed E-state index contributed by atoms with van der Waals surface area (Å²) in [5, 5.41) is 0.823. The summed E-state index contributed by atoms with van der Waals surface area (Å²) < 4.78 is 6.92. The van der Waals surface area contributed by atoms with E-state index in [4.69, 9.17) is 9.72 Å². The molecule has 1 unspecified atom stereocenters. The summed E-state index contributed by atoms with van der Waals surface area (Å²) in [5.74, 6) is 1.54. The Morgan fingerprint density at radius 3 is 2.53 bits per heavy atom. The molecule has 1 fully saturated rings. The zero-order valence-corrected chi connectivity index (χ0v) is 19.6. The molecule has 2 heterocycles. The normalized spacial score (nSPS) is 15.7. The molecule has 0 spiro atoms. The Bertz CT molecular complexity index is 1150. The second-order valence-corrected chi connectivity index (χ2v) is 9.73. The molecular formula is C25H29N3O3S. The number of likely N-dealkylation sites (tertiary alicyclic amines) is 1. The number of thioether (sulfide) groups is 1. The number of piperidine rings is 1. The minimum absolute atomic E-state index is 0.0969. The summed E-state index contributed by atoms with van der Waals surface area (Å²) >= 11 is 1.36. The lowest BCUT2D eigenvalue weighted by atomic mass is 9.99. The van der Waals surface area contributed by atoms with Gasteiger partial charge in [0.05, 0.1) is 29.8 Å². The summed E-state index contributed by atoms with van der Waals surface area (Å²) in [4.78, 5) is 33.2. The Labute approximate surface area is 192 Å². The number of methoxy groups -OCH3 is 1. The number of benzene rings is 2. The predicted octanol–water partition coefficient (Wildman–Crippen LogP) is 4.19. The van der Waals surface area contributed by atoms with Crippen molar-refractivity contribution in [2.75, 3.05) is 20.2 Å². The first-order chi connectivity index (χ1) is 15.5. The van der Waals surface area contributed by atoms with Gasteiger partial charge in [0.1, 0.15) is 5.75 Å². The molecule has 1 aliphatic rings. The van der Waals surface area contributed by atoms with Crippen LogP contribution in [0.25, 0.3) is 10.9 Å². The van der Waals surface area contributed by atoms with Crippen LogP contribution in [0.15, 0.2) is 58.5 Å². The number of nitrogens with zero attached hydrogens (tertiary/aromatic N) is 3. The van der Waals surface area contributed by atoms with Crippen LogP contribution in [0.1, 0.15) is 32.3 Å². The quantitative estimate of drug-likeness (QED) is 0.415. The van der Waals surface area contributed by atoms with Gasteiger partial charge in [-0.1, -0.05) is 43.0 Å². The smallest absolute Gasteiger partial charge is 0.262 e. The highest BCUT2D eigenvalue weighted by molar-refractivity contribution is 8.00. The van der Waals surface area contributed by atoms with Crippen LogP contribution in [-0.4, -0.2) is 45.8 Å². The molecule has 1 saturated heterocycles. The molecule has 6 nitrogen and oxygen atoms in total. The number of aromatic nitrogens is 2. The van der Waals surface area contributed by atoms with Crippen molar-refractivity contribution in [1.29, 1.82) is 0 Å². The van der Waals surface area contributed by atoms with Gasteiger partial charge in [-0.3, -0.25) is 14.2 Å². The fourth-order valence-corrected chi connectivity index (χ4v) is 4.98. The average molecular weight is 452 g/mol. The standard InChI is InChI=1S/C25H29N3O3S/c1-17-12-14-27(15-13-17)23(29)18(2)32-25-26-22-7-5-4-6-21(22)24(30)28(25)16-19-8-10-20(31-3)11-9-19/h4-11,17-18H,12-16H2,1-3H3. The van der Waals surface area contributed by atoms with Gasteiger partial charge in [-0.05, 0) is 55.5 Å². The van der Waals surface area contributed by atoms with Gasteiger partial charge in [0, 0.05) is 13.1 Å². The Kier molecular flexibility index (Phi) is 6.84. The number of amides is 1. The first kappa shape index (κ1) is 22.4. The van der Waals surface area contributed by atoms with E-state index < -0.39 is 0 Å². The third-order valence-corrected chi connectivity index (χ3v) is 7.13. The number of ether oxygens (including phenoxy) is 1. The maximum atomic E-state index is 13.4. The lowest BCUT2D eigenvalue weighted by Gasteiger charge is -2.32. The Morgan fingerprint density at radius 2 is 1.84 bits per heavy atom. The van der Waals surface area contributed by atoms with E-state index in [0.717, 1.165) is 37.2 Å². The highest BCUT2D eigenvalue weighted by Crippen LogP contribution is 2.26. The van der Waals surface area contributed by atoms with E-state index in [0.29, 0.717) is 28.5 Å². The molecule has 0 aliphatic carbocycles. The fraction of sp³-hybridized carbons (Fsp3) is 0.400. The molecule has 2 aromatic carbocycles. The molecule has 1 aromatic heterocycles. The van der Waals surface area contributed by atoms with Gasteiger partial charge in [0.25, 0.3) is 5.56 Å². The second-order valence-electron chi connectivity index (χ2n) is 8.42. The van der Waals surface area contributed by atoms with Crippen LogP contribution >= 0.6 is 11.8 Å². The SMILES string of the molecule is COc1ccc(Cn2c(SC(C)C(=O)N3CCC(C)CC3)nc3ccccc3c2=O)cc1. The zero-order chi connectivity index (χ0) is 22.7. The molecule has 4 rings (SSSR count). The van der Waals surface area contributed by atoms with Crippen LogP contribution in [0.3, 0.4) is 0 Å². The molecule has 1 aliphatic heterocycles. The molecule has 168 valence electrons. The van der Waals surface area contributed by atoms with E-state index in [-0.39, 0.29) is 16.7 Å². The lowest BCUT2D eigenvalue weighted by molar-refractivity contribution is -0.131. The van der Waals surface area contributed by atoms with Crippen LogP contribution in [0, 0.1) is 5.92 Å². The number of hydrogen-bond donors (Lipinski definition) is 0. The maximum Gasteiger partial charge on any atom is 0.262 e. The number of hydrogen-bond acceptors (Lipinski definition) is 5. The lowest BCUT2D eigenvalue weighted by Crippen LogP contribution is -2.42. The van der Waals surface area contributed by atoms with E-state index in [9.17, 15) is 9.59 Å². The summed E-state index contributed by atoms with van der Waals surface area (Å²) in [6.07, 6.45) is 2.08. The summed E-state index contributed by atoms with van der Waals surface area (Å²) in [7, 11) is 1.63. The number of carbonyl (C=O) groups is 1. The van der Waals surface area contributed by atoms with E-state index in [1.54, 1.807) is 17.7 Å². The van der Waals surface area contributed by atoms with Crippen LogP contribution in [-0.2, 0) is 11.3 Å². The molecule has 1 amide bonds. The largest absolute Gasteiger partial charge is 0.497 e. The van der Waals surface area contributed by atoms with Crippen molar-refractivity contribution in [3.63, 3.8) is 0 Å². The predicted molar refractivity (Wildman–Crippen MR) is 128 cm³/mol. The van der Waals surface area contributed by atoms with Crippen molar-refractivity contribution < 1.29 is 9.53 Å². The van der Waals surface area contributed by atoms with Crippen molar-refractivity contribution >= 4 is 28.6 Å². The van der Waals surface area contributed by atoms with Gasteiger partial charge in [-0.2, -0.15) is 0 Å². The zero-order valence-electron chi connectivity index (χ0n) is 18.8. The maximum absolute atomic E-state index is 13.4. The molecule has 0 bridgehead atoms. The first-order valence-electron chi connectivity index (χ1n) is 11.0. The van der Waals surface area contributed by atoms with Gasteiger partial charge < -0.3 is 9.64 Å². The highest BCUT2D eigenvalue weighted by atomic mass is 32.2. The van der Waals surface area contributed by atoms with Crippen LogP contribution < -0.4 is 10.3 Å². The molecule has 7 heteroatoms. The van der Waals surface area contributed by atoms with Crippen molar-refractivity contribution in [2.45, 2.75) is 43.6 Å². The topological polar surface area (TPSA) is 64.4 Å². The van der Waals surface area contributed by atoms with Crippen molar-refractivity contribution in [1.82, 2.24) is 14.5 Å². The monoisotopic (exact) mass is 451 g/mol. The molecule has 0 N–H and O–H groups in total. The Hall–Kier alpha value is -2.80. The van der Waals surface area contributed by atoms with Crippen LogP contribution in [0.2, 0.25) is 0 Å². The van der Waals surface area contributed by atoms with E-state index in [1.165, 1.54) is 11.8 Å². The highest BCUT2D eigenvalue weighted by Gasteiger charge is 2.26. The number of rotatable bonds is 6. The Morgan fingerprint density at radius 1 is 1.16 bits per heavy atom. The second kappa shape index (κ2) is 9.77. The van der Waals surface area contributed by atoms with Gasteiger partial charge in [0.15, 0.2) is 5.16 Å². The van der Waals surface area contributed by atoms with Crippen molar-refractivity contribution in [3.8, 4) is 5.75 Å². The summed E-state index contributed by atoms with van der Waals surface area (Å²) in [6, 6.07) is 15.0. The number of fused-ring (bicyclic) bond motifs is 1.